The third kappa shape index (κ3) is 4.90. The number of fused-ring (bicyclic) bond motifs is 3. The Morgan fingerprint density at radius 2 is 1.31 bits per heavy atom. The van der Waals surface area contributed by atoms with Crippen molar-refractivity contribution in [3.8, 4) is 22.5 Å². The number of guanidine groups is 1. The maximum atomic E-state index is 13.9. The molecule has 1 amide bonds. The number of amides is 1. The Morgan fingerprint density at radius 3 is 1.95 bits per heavy atom. The molecule has 7 rings (SSSR count). The SMILES string of the molecule is CC.CCN1C(=O)c2nc(-c3ccc(-c4ccccc4)cc3)n(Cc3ccccc3)c2N2CC(c3ccccc3)N=C12. The third-order valence-electron chi connectivity index (χ3n) is 7.69. The van der Waals surface area contributed by atoms with Crippen LogP contribution in [0.5, 0.6) is 0 Å². The van der Waals surface area contributed by atoms with E-state index in [1.54, 1.807) is 4.90 Å². The Morgan fingerprint density at radius 1 is 0.738 bits per heavy atom. The number of aromatic nitrogens is 2. The quantitative estimate of drug-likeness (QED) is 0.217. The standard InChI is InChI=1S/C34H29N5O.C2H6/c1-2-37-33(40)30-32(39-23-29(35-34(37)39)27-16-10-5-11-17-27)38(22-24-12-6-3-7-13-24)31(36-30)28-20-18-26(19-21-28)25-14-8-4-9-15-25;1-2/h3-21,29H,2,22-23H2,1H3;1-2H3. The van der Waals surface area contributed by atoms with Crippen molar-refractivity contribution in [2.45, 2.75) is 33.4 Å². The second kappa shape index (κ2) is 11.9. The van der Waals surface area contributed by atoms with Crippen molar-refractivity contribution in [1.82, 2.24) is 14.5 Å². The van der Waals surface area contributed by atoms with Crippen LogP contribution in [0.3, 0.4) is 0 Å². The molecular weight excluding hydrogens is 518 g/mol. The average Bonchev–Trinajstić information content (AvgIpc) is 3.66. The lowest BCUT2D eigenvalue weighted by Gasteiger charge is -2.33. The van der Waals surface area contributed by atoms with Crippen molar-refractivity contribution in [2.24, 2.45) is 4.99 Å². The smallest absolute Gasteiger partial charge is 0.283 e. The highest BCUT2D eigenvalue weighted by Gasteiger charge is 2.43. The molecule has 5 aromatic rings. The van der Waals surface area contributed by atoms with Gasteiger partial charge in [-0.2, -0.15) is 0 Å². The predicted octanol–water partition coefficient (Wildman–Crippen LogP) is 7.68. The third-order valence-corrected chi connectivity index (χ3v) is 7.69. The average molecular weight is 554 g/mol. The fraction of sp³-hybridized carbons (Fsp3) is 0.194. The van der Waals surface area contributed by atoms with Gasteiger partial charge in [-0.3, -0.25) is 14.6 Å². The molecule has 0 spiro atoms. The van der Waals surface area contributed by atoms with Crippen molar-refractivity contribution in [1.29, 1.82) is 0 Å². The van der Waals surface area contributed by atoms with E-state index in [1.807, 2.05) is 75.4 Å². The minimum Gasteiger partial charge on any atom is -0.305 e. The number of carbonyl (C=O) groups excluding carboxylic acids is 1. The lowest BCUT2D eigenvalue weighted by atomic mass is 10.0. The summed E-state index contributed by atoms with van der Waals surface area (Å²) in [6.07, 6.45) is 0. The molecular formula is C36H35N5O. The molecule has 0 radical (unpaired) electrons. The van der Waals surface area contributed by atoms with Gasteiger partial charge in [0.2, 0.25) is 5.96 Å². The van der Waals surface area contributed by atoms with Crippen LogP contribution in [0.25, 0.3) is 22.5 Å². The molecule has 6 nitrogen and oxygen atoms in total. The first-order valence-corrected chi connectivity index (χ1v) is 14.7. The second-order valence-electron chi connectivity index (χ2n) is 10.1. The summed E-state index contributed by atoms with van der Waals surface area (Å²) in [6, 6.07) is 39.4. The highest BCUT2D eigenvalue weighted by atomic mass is 16.2. The van der Waals surface area contributed by atoms with Crippen molar-refractivity contribution in [2.75, 3.05) is 18.0 Å². The first-order chi connectivity index (χ1) is 20.7. The summed E-state index contributed by atoms with van der Waals surface area (Å²) in [5.74, 6) is 2.20. The fourth-order valence-electron chi connectivity index (χ4n) is 5.70. The largest absolute Gasteiger partial charge is 0.305 e. The number of hydrogen-bond donors (Lipinski definition) is 0. The number of aliphatic imine (C=N–C) groups is 1. The van der Waals surface area contributed by atoms with E-state index in [-0.39, 0.29) is 11.9 Å². The lowest BCUT2D eigenvalue weighted by Crippen LogP contribution is -2.50. The minimum atomic E-state index is -0.102. The summed E-state index contributed by atoms with van der Waals surface area (Å²) >= 11 is 0. The van der Waals surface area contributed by atoms with Crippen molar-refractivity contribution in [3.05, 3.63) is 132 Å². The second-order valence-corrected chi connectivity index (χ2v) is 10.1. The fourth-order valence-corrected chi connectivity index (χ4v) is 5.70. The number of imidazole rings is 1. The van der Waals surface area contributed by atoms with E-state index in [0.29, 0.717) is 31.3 Å². The van der Waals surface area contributed by atoms with Gasteiger partial charge < -0.3 is 4.57 Å². The highest BCUT2D eigenvalue weighted by molar-refractivity contribution is 6.18. The van der Waals surface area contributed by atoms with Crippen LogP contribution in [0, 0.1) is 0 Å². The Hall–Kier alpha value is -4.97. The van der Waals surface area contributed by atoms with Gasteiger partial charge >= 0.3 is 0 Å². The van der Waals surface area contributed by atoms with Crippen molar-refractivity contribution < 1.29 is 4.79 Å². The Kier molecular flexibility index (Phi) is 7.69. The molecule has 0 bridgehead atoms. The number of hydrogen-bond acceptors (Lipinski definition) is 4. The van der Waals surface area contributed by atoms with Crippen LogP contribution >= 0.6 is 0 Å². The molecule has 1 atom stereocenters. The monoisotopic (exact) mass is 553 g/mol. The van der Waals surface area contributed by atoms with Crippen molar-refractivity contribution >= 4 is 17.7 Å². The summed E-state index contributed by atoms with van der Waals surface area (Å²) < 4.78 is 2.19. The van der Waals surface area contributed by atoms with E-state index in [0.717, 1.165) is 33.9 Å². The number of anilines is 1. The molecule has 42 heavy (non-hydrogen) atoms. The number of carbonyl (C=O) groups is 1. The molecule has 0 fully saturated rings. The molecule has 1 unspecified atom stereocenters. The molecule has 3 heterocycles. The van der Waals surface area contributed by atoms with E-state index >= 15 is 0 Å². The molecule has 0 saturated carbocycles. The molecule has 2 aliphatic rings. The summed E-state index contributed by atoms with van der Waals surface area (Å²) in [5.41, 5.74) is 6.04. The van der Waals surface area contributed by atoms with Crippen LogP contribution in [0.1, 0.15) is 48.4 Å². The van der Waals surface area contributed by atoms with Crippen molar-refractivity contribution in [3.63, 3.8) is 0 Å². The zero-order valence-electron chi connectivity index (χ0n) is 24.3. The highest BCUT2D eigenvalue weighted by Crippen LogP contribution is 2.39. The molecule has 0 saturated heterocycles. The van der Waals surface area contributed by atoms with E-state index in [9.17, 15) is 4.79 Å². The van der Waals surface area contributed by atoms with Crippen LogP contribution in [0.2, 0.25) is 0 Å². The molecule has 210 valence electrons. The first kappa shape index (κ1) is 27.2. The zero-order valence-corrected chi connectivity index (χ0v) is 24.3. The lowest BCUT2D eigenvalue weighted by molar-refractivity contribution is 0.0841. The van der Waals surface area contributed by atoms with Crippen LogP contribution in [-0.4, -0.2) is 39.4 Å². The Balaban J connectivity index is 0.00000155. The van der Waals surface area contributed by atoms with Crippen LogP contribution in [0.15, 0.2) is 120 Å². The van der Waals surface area contributed by atoms with Gasteiger partial charge in [0.1, 0.15) is 11.6 Å². The maximum Gasteiger partial charge on any atom is 0.283 e. The number of nitrogens with zero attached hydrogens (tertiary/aromatic N) is 5. The van der Waals surface area contributed by atoms with Gasteiger partial charge in [0.25, 0.3) is 5.91 Å². The van der Waals surface area contributed by atoms with Gasteiger partial charge in [-0.15, -0.1) is 0 Å². The van der Waals surface area contributed by atoms with Crippen LogP contribution < -0.4 is 4.90 Å². The molecule has 1 aromatic heterocycles. The van der Waals surface area contributed by atoms with Gasteiger partial charge in [-0.05, 0) is 29.2 Å². The van der Waals surface area contributed by atoms with Gasteiger partial charge in [0.15, 0.2) is 5.69 Å². The zero-order chi connectivity index (χ0) is 29.1. The minimum absolute atomic E-state index is 0.0577. The first-order valence-electron chi connectivity index (χ1n) is 14.7. The molecule has 6 heteroatoms. The predicted molar refractivity (Wildman–Crippen MR) is 171 cm³/mol. The summed E-state index contributed by atoms with van der Waals surface area (Å²) in [5, 5.41) is 0. The molecule has 0 aliphatic carbocycles. The van der Waals surface area contributed by atoms with E-state index in [4.69, 9.17) is 9.98 Å². The topological polar surface area (TPSA) is 53.7 Å². The summed E-state index contributed by atoms with van der Waals surface area (Å²) in [7, 11) is 0. The molecule has 4 aromatic carbocycles. The normalized spacial score (nSPS) is 15.5. The Labute approximate surface area is 247 Å². The van der Waals surface area contributed by atoms with Gasteiger partial charge in [0.05, 0.1) is 19.1 Å². The Bertz CT molecular complexity index is 1690. The van der Waals surface area contributed by atoms with Crippen LogP contribution in [-0.2, 0) is 6.54 Å². The maximum absolute atomic E-state index is 13.9. The molecule has 0 N–H and O–H groups in total. The van der Waals surface area contributed by atoms with E-state index in [1.165, 1.54) is 5.56 Å². The summed E-state index contributed by atoms with van der Waals surface area (Å²) in [6.45, 7) is 7.77. The van der Waals surface area contributed by atoms with E-state index < -0.39 is 0 Å². The number of benzene rings is 4. The number of rotatable bonds is 6. The van der Waals surface area contributed by atoms with Gasteiger partial charge in [-0.1, -0.05) is 129 Å². The summed E-state index contributed by atoms with van der Waals surface area (Å²) in [4.78, 5) is 27.9. The van der Waals surface area contributed by atoms with Gasteiger partial charge in [-0.25, -0.2) is 9.98 Å². The van der Waals surface area contributed by atoms with E-state index in [2.05, 4.69) is 70.1 Å². The van der Waals surface area contributed by atoms with Gasteiger partial charge in [0, 0.05) is 12.1 Å². The van der Waals surface area contributed by atoms with Crippen LogP contribution in [0.4, 0.5) is 5.82 Å². The molecule has 2 aliphatic heterocycles.